The molecule has 0 aromatic carbocycles. The largest absolute Gasteiger partial charge is 0.362 e. The molecule has 0 radical (unpaired) electrons. The smallest absolute Gasteiger partial charge is 0.252 e. The monoisotopic (exact) mass is 263 g/mol. The number of hydrogen-bond acceptors (Lipinski definition) is 4. The van der Waals surface area contributed by atoms with Crippen molar-refractivity contribution < 1.29 is 0 Å². The van der Waals surface area contributed by atoms with Crippen molar-refractivity contribution >= 4 is 17.2 Å². The van der Waals surface area contributed by atoms with Gasteiger partial charge in [-0.2, -0.15) is 0 Å². The third-order valence-electron chi connectivity index (χ3n) is 2.68. The van der Waals surface area contributed by atoms with Gasteiger partial charge in [0.15, 0.2) is 0 Å². The molecule has 96 valence electrons. The molecule has 1 atom stereocenters. The highest BCUT2D eigenvalue weighted by Gasteiger charge is 2.17. The molecule has 1 unspecified atom stereocenters. The van der Waals surface area contributed by atoms with Crippen molar-refractivity contribution in [3.63, 3.8) is 0 Å². The zero-order valence-corrected chi connectivity index (χ0v) is 11.5. The highest BCUT2D eigenvalue weighted by Crippen LogP contribution is 2.28. The molecular weight excluding hydrogens is 246 g/mol. The van der Waals surface area contributed by atoms with Crippen LogP contribution in [0.2, 0.25) is 0 Å². The molecule has 0 saturated heterocycles. The molecule has 18 heavy (non-hydrogen) atoms. The van der Waals surface area contributed by atoms with Gasteiger partial charge in [-0.05, 0) is 24.3 Å². The van der Waals surface area contributed by atoms with E-state index >= 15 is 0 Å². The number of aryl methyl sites for hydroxylation is 1. The number of hydrogen-bond donors (Lipinski definition) is 2. The fraction of sp³-hybridized carbons (Fsp3) is 0.385. The highest BCUT2D eigenvalue weighted by molar-refractivity contribution is 7.10. The number of anilines is 1. The molecule has 2 rings (SSSR count). The van der Waals surface area contributed by atoms with Crippen molar-refractivity contribution in [3.05, 3.63) is 44.6 Å². The van der Waals surface area contributed by atoms with Crippen LogP contribution in [-0.4, -0.2) is 9.97 Å². The SMILES string of the molecule is Cc1nc(NC(c2cccs2)C(C)C)cc(=O)[nH]1. The minimum absolute atomic E-state index is 0.126. The Morgan fingerprint density at radius 3 is 2.78 bits per heavy atom. The number of aromatic amines is 1. The summed E-state index contributed by atoms with van der Waals surface area (Å²) in [6.45, 7) is 6.08. The summed E-state index contributed by atoms with van der Waals surface area (Å²) in [5.41, 5.74) is -0.126. The minimum Gasteiger partial charge on any atom is -0.362 e. The van der Waals surface area contributed by atoms with E-state index in [0.29, 0.717) is 17.6 Å². The number of thiophene rings is 1. The second-order valence-corrected chi connectivity index (χ2v) is 5.58. The lowest BCUT2D eigenvalue weighted by Gasteiger charge is -2.21. The van der Waals surface area contributed by atoms with Crippen LogP contribution >= 0.6 is 11.3 Å². The molecule has 0 fully saturated rings. The maximum Gasteiger partial charge on any atom is 0.252 e. The van der Waals surface area contributed by atoms with Crippen LogP contribution in [0.25, 0.3) is 0 Å². The molecule has 2 aromatic heterocycles. The second kappa shape index (κ2) is 5.35. The molecule has 0 spiro atoms. The molecule has 0 aliphatic heterocycles. The van der Waals surface area contributed by atoms with E-state index < -0.39 is 0 Å². The number of nitrogens with zero attached hydrogens (tertiary/aromatic N) is 1. The first-order valence-electron chi connectivity index (χ1n) is 5.94. The van der Waals surface area contributed by atoms with Gasteiger partial charge < -0.3 is 10.3 Å². The lowest BCUT2D eigenvalue weighted by atomic mass is 10.0. The summed E-state index contributed by atoms with van der Waals surface area (Å²) >= 11 is 1.71. The second-order valence-electron chi connectivity index (χ2n) is 4.60. The van der Waals surface area contributed by atoms with Crippen molar-refractivity contribution in [3.8, 4) is 0 Å². The lowest BCUT2D eigenvalue weighted by Crippen LogP contribution is -2.19. The molecule has 5 heteroatoms. The topological polar surface area (TPSA) is 57.8 Å². The predicted molar refractivity (Wildman–Crippen MR) is 75.1 cm³/mol. The van der Waals surface area contributed by atoms with Crippen LogP contribution in [0.5, 0.6) is 0 Å². The van der Waals surface area contributed by atoms with E-state index in [2.05, 4.69) is 40.6 Å². The van der Waals surface area contributed by atoms with Gasteiger partial charge in [0.1, 0.15) is 11.6 Å². The molecule has 2 N–H and O–H groups in total. The van der Waals surface area contributed by atoms with Gasteiger partial charge in [0.2, 0.25) is 0 Å². The van der Waals surface area contributed by atoms with Crippen molar-refractivity contribution in [1.82, 2.24) is 9.97 Å². The Morgan fingerprint density at radius 1 is 1.44 bits per heavy atom. The van der Waals surface area contributed by atoms with Gasteiger partial charge in [-0.25, -0.2) is 4.98 Å². The zero-order valence-electron chi connectivity index (χ0n) is 10.7. The van der Waals surface area contributed by atoms with Crippen molar-refractivity contribution in [2.75, 3.05) is 5.32 Å². The first-order chi connectivity index (χ1) is 8.56. The Hall–Kier alpha value is -1.62. The number of H-pyrrole nitrogens is 1. The van der Waals surface area contributed by atoms with Crippen LogP contribution in [0, 0.1) is 12.8 Å². The van der Waals surface area contributed by atoms with Gasteiger partial charge in [-0.1, -0.05) is 19.9 Å². The minimum atomic E-state index is -0.126. The third-order valence-corrected chi connectivity index (χ3v) is 3.64. The molecule has 0 aliphatic rings. The average Bonchev–Trinajstić information content (AvgIpc) is 2.77. The van der Waals surface area contributed by atoms with E-state index in [-0.39, 0.29) is 11.6 Å². The average molecular weight is 263 g/mol. The number of nitrogens with one attached hydrogen (secondary N) is 2. The maximum absolute atomic E-state index is 11.4. The van der Waals surface area contributed by atoms with E-state index in [4.69, 9.17) is 0 Å². The standard InChI is InChI=1S/C13H17N3OS/c1-8(2)13(10-5-4-6-18-10)16-11-7-12(17)15-9(3)14-11/h4-8,13H,1-3H3,(H2,14,15,16,17). The summed E-state index contributed by atoms with van der Waals surface area (Å²) in [5, 5.41) is 5.40. The molecule has 2 heterocycles. The third kappa shape index (κ3) is 2.98. The van der Waals surface area contributed by atoms with Gasteiger partial charge in [-0.3, -0.25) is 4.79 Å². The first-order valence-corrected chi connectivity index (χ1v) is 6.82. The summed E-state index contributed by atoms with van der Waals surface area (Å²) < 4.78 is 0. The van der Waals surface area contributed by atoms with Crippen molar-refractivity contribution in [2.45, 2.75) is 26.8 Å². The highest BCUT2D eigenvalue weighted by atomic mass is 32.1. The normalized spacial score (nSPS) is 12.7. The summed E-state index contributed by atoms with van der Waals surface area (Å²) in [5.74, 6) is 1.67. The quantitative estimate of drug-likeness (QED) is 0.891. The molecular formula is C13H17N3OS. The van der Waals surface area contributed by atoms with Gasteiger partial charge in [0.25, 0.3) is 5.56 Å². The Morgan fingerprint density at radius 2 is 2.22 bits per heavy atom. The van der Waals surface area contributed by atoms with Gasteiger partial charge in [0.05, 0.1) is 6.04 Å². The van der Waals surface area contributed by atoms with Gasteiger partial charge in [0, 0.05) is 10.9 Å². The van der Waals surface area contributed by atoms with Crippen LogP contribution in [0.4, 0.5) is 5.82 Å². The Labute approximate surface area is 110 Å². The Balaban J connectivity index is 2.27. The van der Waals surface area contributed by atoms with E-state index in [1.807, 2.05) is 6.07 Å². The van der Waals surface area contributed by atoms with Gasteiger partial charge in [-0.15, -0.1) is 11.3 Å². The van der Waals surface area contributed by atoms with Crippen LogP contribution in [0.15, 0.2) is 28.4 Å². The predicted octanol–water partition coefficient (Wildman–Crippen LogP) is 2.95. The van der Waals surface area contributed by atoms with E-state index in [0.717, 1.165) is 0 Å². The van der Waals surface area contributed by atoms with E-state index in [1.54, 1.807) is 18.3 Å². The molecule has 2 aromatic rings. The maximum atomic E-state index is 11.4. The first kappa shape index (κ1) is 12.8. The molecule has 0 saturated carbocycles. The van der Waals surface area contributed by atoms with Crippen LogP contribution in [0.3, 0.4) is 0 Å². The molecule has 0 aliphatic carbocycles. The molecule has 0 bridgehead atoms. The Bertz CT molecular complexity index is 560. The van der Waals surface area contributed by atoms with Crippen LogP contribution in [-0.2, 0) is 0 Å². The van der Waals surface area contributed by atoms with Crippen LogP contribution in [0.1, 0.15) is 30.6 Å². The summed E-state index contributed by atoms with van der Waals surface area (Å²) in [6.07, 6.45) is 0. The lowest BCUT2D eigenvalue weighted by molar-refractivity contribution is 0.551. The number of rotatable bonds is 4. The van der Waals surface area contributed by atoms with E-state index in [1.165, 1.54) is 10.9 Å². The molecule has 4 nitrogen and oxygen atoms in total. The zero-order chi connectivity index (χ0) is 13.1. The van der Waals surface area contributed by atoms with Crippen molar-refractivity contribution in [1.29, 1.82) is 0 Å². The molecule has 0 amide bonds. The van der Waals surface area contributed by atoms with E-state index in [9.17, 15) is 4.79 Å². The summed E-state index contributed by atoms with van der Waals surface area (Å²) in [7, 11) is 0. The Kier molecular flexibility index (Phi) is 3.81. The van der Waals surface area contributed by atoms with Gasteiger partial charge >= 0.3 is 0 Å². The summed E-state index contributed by atoms with van der Waals surface area (Å²) in [6, 6.07) is 5.81. The fourth-order valence-corrected chi connectivity index (χ4v) is 2.80. The van der Waals surface area contributed by atoms with Crippen molar-refractivity contribution in [2.24, 2.45) is 5.92 Å². The van der Waals surface area contributed by atoms with Crippen LogP contribution < -0.4 is 10.9 Å². The fourth-order valence-electron chi connectivity index (χ4n) is 1.85. The summed E-state index contributed by atoms with van der Waals surface area (Å²) in [4.78, 5) is 19.6. The number of aromatic nitrogens is 2.